The van der Waals surface area contributed by atoms with Gasteiger partial charge in [-0.25, -0.2) is 0 Å². The van der Waals surface area contributed by atoms with Crippen molar-refractivity contribution in [3.8, 4) is 11.5 Å². The Bertz CT molecular complexity index is 682. The van der Waals surface area contributed by atoms with E-state index >= 15 is 0 Å². The molecule has 1 heterocycles. The lowest BCUT2D eigenvalue weighted by atomic mass is 9.64. The van der Waals surface area contributed by atoms with Crippen LogP contribution in [0, 0.1) is 0 Å². The zero-order valence-electron chi connectivity index (χ0n) is 11.7. The average Bonchev–Trinajstić information content (AvgIpc) is 2.48. The highest BCUT2D eigenvalue weighted by Gasteiger charge is 2.70. The fourth-order valence-corrected chi connectivity index (χ4v) is 3.21. The van der Waals surface area contributed by atoms with Gasteiger partial charge in [-0.15, -0.1) is 0 Å². The Balaban J connectivity index is 2.32. The fraction of sp³-hybridized carbons (Fsp3) is 0.400. The topological polar surface area (TPSA) is 127 Å². The minimum Gasteiger partial charge on any atom is -0.507 e. The fourth-order valence-electron chi connectivity index (χ4n) is 3.21. The number of hydrogen-bond donors (Lipinski definition) is 5. The highest BCUT2D eigenvalue weighted by atomic mass is 16.6. The zero-order chi connectivity index (χ0) is 16.3. The van der Waals surface area contributed by atoms with E-state index in [1.807, 2.05) is 0 Å². The zero-order valence-corrected chi connectivity index (χ0v) is 11.7. The molecule has 1 aliphatic heterocycles. The molecule has 4 atom stereocenters. The van der Waals surface area contributed by atoms with Gasteiger partial charge in [0.2, 0.25) is 11.4 Å². The molecule has 118 valence electrons. The summed E-state index contributed by atoms with van der Waals surface area (Å²) in [4.78, 5) is 12.7. The van der Waals surface area contributed by atoms with Crippen LogP contribution in [0.25, 0.3) is 0 Å². The molecule has 1 aliphatic carbocycles. The molecule has 3 rings (SSSR count). The number of phenols is 1. The number of hydrogen-bond acceptors (Lipinski definition) is 7. The van der Waals surface area contributed by atoms with Crippen molar-refractivity contribution in [2.24, 2.45) is 0 Å². The number of carbonyl (C=O) groups excluding carboxylic acids is 1. The second kappa shape index (κ2) is 4.53. The molecule has 0 fully saturated rings. The monoisotopic (exact) mass is 308 g/mol. The van der Waals surface area contributed by atoms with Gasteiger partial charge in [0.05, 0.1) is 6.61 Å². The number of aromatic hydroxyl groups is 1. The van der Waals surface area contributed by atoms with Crippen LogP contribution < -0.4 is 4.74 Å². The van der Waals surface area contributed by atoms with Crippen LogP contribution in [0.2, 0.25) is 0 Å². The number of ether oxygens (including phenoxy) is 1. The van der Waals surface area contributed by atoms with E-state index in [-0.39, 0.29) is 16.9 Å². The summed E-state index contributed by atoms with van der Waals surface area (Å²) in [5, 5.41) is 51.0. The summed E-state index contributed by atoms with van der Waals surface area (Å²) in [5.74, 6) is -1.52. The number of rotatable bonds is 1. The maximum absolute atomic E-state index is 12.7. The SMILES string of the molecule is CC1=C[C@H](O)[C@]2(O)C(=O)c3c(O)cccc3O[C@@]2(CO)[C@@H]1O. The van der Waals surface area contributed by atoms with Crippen LogP contribution in [-0.2, 0) is 0 Å². The van der Waals surface area contributed by atoms with Crippen LogP contribution in [-0.4, -0.2) is 61.3 Å². The molecule has 0 aromatic heterocycles. The van der Waals surface area contributed by atoms with Gasteiger partial charge in [0.1, 0.15) is 29.3 Å². The highest BCUT2D eigenvalue weighted by Crippen LogP contribution is 2.49. The van der Waals surface area contributed by atoms with E-state index in [1.165, 1.54) is 25.1 Å². The van der Waals surface area contributed by atoms with Crippen LogP contribution >= 0.6 is 0 Å². The van der Waals surface area contributed by atoms with E-state index in [2.05, 4.69) is 0 Å². The third-order valence-corrected chi connectivity index (χ3v) is 4.47. The first kappa shape index (κ1) is 15.0. The first-order valence-electron chi connectivity index (χ1n) is 6.73. The van der Waals surface area contributed by atoms with Gasteiger partial charge in [0.15, 0.2) is 5.60 Å². The second-order valence-electron chi connectivity index (χ2n) is 5.65. The highest BCUT2D eigenvalue weighted by molar-refractivity contribution is 6.09. The van der Waals surface area contributed by atoms with Gasteiger partial charge >= 0.3 is 0 Å². The molecule has 0 unspecified atom stereocenters. The number of benzene rings is 1. The van der Waals surface area contributed by atoms with Gasteiger partial charge in [-0.3, -0.25) is 4.79 Å². The van der Waals surface area contributed by atoms with Crippen molar-refractivity contribution in [3.05, 3.63) is 35.4 Å². The molecule has 0 amide bonds. The predicted molar refractivity (Wildman–Crippen MR) is 73.6 cm³/mol. The summed E-state index contributed by atoms with van der Waals surface area (Å²) < 4.78 is 5.55. The van der Waals surface area contributed by atoms with Crippen LogP contribution in [0.15, 0.2) is 29.8 Å². The number of phenolic OH excluding ortho intramolecular Hbond substituents is 1. The van der Waals surface area contributed by atoms with Crippen molar-refractivity contribution in [2.75, 3.05) is 6.61 Å². The molecule has 0 saturated heterocycles. The van der Waals surface area contributed by atoms with E-state index in [1.54, 1.807) is 0 Å². The smallest absolute Gasteiger partial charge is 0.209 e. The Morgan fingerprint density at radius 3 is 2.64 bits per heavy atom. The first-order chi connectivity index (χ1) is 10.3. The number of Topliss-reactive ketones (excluding diaryl/α,β-unsaturated/α-hetero) is 1. The Labute approximate surface area is 125 Å². The molecule has 2 aliphatic rings. The average molecular weight is 308 g/mol. The summed E-state index contributed by atoms with van der Waals surface area (Å²) >= 11 is 0. The molecule has 0 saturated carbocycles. The maximum atomic E-state index is 12.7. The minimum absolute atomic E-state index is 0.0790. The molecule has 7 heteroatoms. The lowest BCUT2D eigenvalue weighted by Gasteiger charge is -2.53. The van der Waals surface area contributed by atoms with Crippen molar-refractivity contribution in [1.29, 1.82) is 0 Å². The molecule has 0 spiro atoms. The van der Waals surface area contributed by atoms with Crippen LogP contribution in [0.3, 0.4) is 0 Å². The molecular weight excluding hydrogens is 292 g/mol. The number of carbonyl (C=O) groups is 1. The third-order valence-electron chi connectivity index (χ3n) is 4.47. The lowest BCUT2D eigenvalue weighted by molar-refractivity contribution is -0.212. The first-order valence-corrected chi connectivity index (χ1v) is 6.73. The van der Waals surface area contributed by atoms with Crippen molar-refractivity contribution in [1.82, 2.24) is 0 Å². The molecule has 0 bridgehead atoms. The summed E-state index contributed by atoms with van der Waals surface area (Å²) in [5.41, 5.74) is -4.81. The summed E-state index contributed by atoms with van der Waals surface area (Å²) in [7, 11) is 0. The Morgan fingerprint density at radius 2 is 2.00 bits per heavy atom. The summed E-state index contributed by atoms with van der Waals surface area (Å²) in [6.45, 7) is 0.574. The van der Waals surface area contributed by atoms with E-state index in [0.717, 1.165) is 6.08 Å². The van der Waals surface area contributed by atoms with Crippen LogP contribution in [0.4, 0.5) is 0 Å². The van der Waals surface area contributed by atoms with Crippen LogP contribution in [0.5, 0.6) is 11.5 Å². The minimum atomic E-state index is -2.62. The standard InChI is InChI=1S/C15H16O7/c1-7-5-10(18)15(21)13(20)11-8(17)3-2-4-9(11)22-14(15,6-16)12(7)19/h2-5,10,12,16-19,21H,6H2,1H3/t10-,12+,14-,15-/m0/s1. The van der Waals surface area contributed by atoms with Gasteiger partial charge in [-0.2, -0.15) is 0 Å². The van der Waals surface area contributed by atoms with Crippen molar-refractivity contribution >= 4 is 5.78 Å². The molecule has 0 radical (unpaired) electrons. The van der Waals surface area contributed by atoms with Gasteiger partial charge in [-0.05, 0) is 24.6 Å². The van der Waals surface area contributed by atoms with E-state index in [9.17, 15) is 30.3 Å². The second-order valence-corrected chi connectivity index (χ2v) is 5.65. The molecular formula is C15H16O7. The van der Waals surface area contributed by atoms with E-state index < -0.39 is 41.5 Å². The quantitative estimate of drug-likeness (QED) is 0.426. The number of ketones is 1. The Morgan fingerprint density at radius 1 is 1.32 bits per heavy atom. The van der Waals surface area contributed by atoms with E-state index in [4.69, 9.17) is 4.74 Å². The summed E-state index contributed by atoms with van der Waals surface area (Å²) in [6.07, 6.45) is -2.08. The van der Waals surface area contributed by atoms with Crippen molar-refractivity contribution in [3.63, 3.8) is 0 Å². The van der Waals surface area contributed by atoms with Gasteiger partial charge < -0.3 is 30.3 Å². The van der Waals surface area contributed by atoms with Gasteiger partial charge in [0, 0.05) is 0 Å². The van der Waals surface area contributed by atoms with Gasteiger partial charge in [0.25, 0.3) is 0 Å². The maximum Gasteiger partial charge on any atom is 0.209 e. The van der Waals surface area contributed by atoms with Crippen LogP contribution in [0.1, 0.15) is 17.3 Å². The predicted octanol–water partition coefficient (Wildman–Crippen LogP) is -0.889. The molecule has 22 heavy (non-hydrogen) atoms. The van der Waals surface area contributed by atoms with Gasteiger partial charge in [-0.1, -0.05) is 12.1 Å². The Hall–Kier alpha value is -1.93. The normalized spacial score (nSPS) is 37.0. The molecule has 7 nitrogen and oxygen atoms in total. The largest absolute Gasteiger partial charge is 0.507 e. The van der Waals surface area contributed by atoms with Crippen molar-refractivity contribution < 1.29 is 35.1 Å². The molecule has 5 N–H and O–H groups in total. The molecule has 1 aromatic rings. The lowest BCUT2D eigenvalue weighted by Crippen LogP contribution is -2.77. The number of aliphatic hydroxyl groups is 4. The van der Waals surface area contributed by atoms with E-state index in [0.29, 0.717) is 0 Å². The van der Waals surface area contributed by atoms with Crippen molar-refractivity contribution in [2.45, 2.75) is 30.3 Å². The molecule has 1 aromatic carbocycles. The summed E-state index contributed by atoms with van der Waals surface area (Å²) in [6, 6.07) is 4.03. The number of fused-ring (bicyclic) bond motifs is 2. The Kier molecular flexibility index (Phi) is 3.09. The number of aliphatic hydroxyl groups excluding tert-OH is 3. The third kappa shape index (κ3) is 1.51.